The monoisotopic (exact) mass is 191 g/mol. The first-order valence-electron chi connectivity index (χ1n) is 5.48. The Morgan fingerprint density at radius 2 is 2.29 bits per heavy atom. The molecule has 3 nitrogen and oxygen atoms in total. The number of imidazole rings is 1. The number of nitrogens with one attached hydrogen (secondary N) is 1. The van der Waals surface area contributed by atoms with Crippen LogP contribution in [0.25, 0.3) is 0 Å². The predicted octanol–water partition coefficient (Wildman–Crippen LogP) is 1.21. The summed E-state index contributed by atoms with van der Waals surface area (Å²) in [5.74, 6) is 1.24. The van der Waals surface area contributed by atoms with Crippen LogP contribution in [-0.4, -0.2) is 16.1 Å². The smallest absolute Gasteiger partial charge is 0.123 e. The first kappa shape index (κ1) is 8.48. The lowest BCUT2D eigenvalue weighted by molar-refractivity contribution is 0.473. The lowest BCUT2D eigenvalue weighted by atomic mass is 9.91. The Hall–Kier alpha value is -0.830. The molecule has 1 N–H and O–H groups in total. The van der Waals surface area contributed by atoms with E-state index in [2.05, 4.69) is 23.7 Å². The fraction of sp³-hybridized carbons (Fsp3) is 0.727. The minimum atomic E-state index is 0.305. The molecule has 0 amide bonds. The molecule has 1 aliphatic carbocycles. The number of hydrogen-bond donors (Lipinski definition) is 1. The van der Waals surface area contributed by atoms with Crippen molar-refractivity contribution in [1.82, 2.24) is 14.9 Å². The summed E-state index contributed by atoms with van der Waals surface area (Å²) in [6, 6.07) is 0. The molecule has 2 heterocycles. The van der Waals surface area contributed by atoms with Crippen LogP contribution in [0.5, 0.6) is 0 Å². The third-order valence-electron chi connectivity index (χ3n) is 3.57. The van der Waals surface area contributed by atoms with Gasteiger partial charge in [0.05, 0.1) is 12.2 Å². The third-order valence-corrected chi connectivity index (χ3v) is 3.57. The van der Waals surface area contributed by atoms with E-state index in [0.717, 1.165) is 19.6 Å². The average Bonchev–Trinajstić information content (AvgIpc) is 2.65. The second-order valence-electron chi connectivity index (χ2n) is 5.04. The van der Waals surface area contributed by atoms with Crippen LogP contribution in [0.3, 0.4) is 0 Å². The highest BCUT2D eigenvalue weighted by Gasteiger charge is 2.35. The molecule has 3 heteroatoms. The molecule has 2 aliphatic rings. The molecule has 1 aliphatic heterocycles. The van der Waals surface area contributed by atoms with Crippen LogP contribution in [-0.2, 0) is 24.9 Å². The molecule has 3 rings (SSSR count). The molecule has 1 aromatic heterocycles. The van der Waals surface area contributed by atoms with E-state index in [1.54, 1.807) is 0 Å². The molecule has 0 bridgehead atoms. The molecule has 76 valence electrons. The van der Waals surface area contributed by atoms with Crippen molar-refractivity contribution in [2.45, 2.75) is 45.2 Å². The van der Waals surface area contributed by atoms with E-state index in [1.807, 2.05) is 0 Å². The molecule has 0 spiro atoms. The zero-order chi connectivity index (χ0) is 9.76. The number of hydrogen-bond acceptors (Lipinski definition) is 2. The van der Waals surface area contributed by atoms with Crippen molar-refractivity contribution < 1.29 is 0 Å². The maximum Gasteiger partial charge on any atom is 0.123 e. The normalized spacial score (nSPS) is 23.3. The van der Waals surface area contributed by atoms with Gasteiger partial charge in [-0.3, -0.25) is 0 Å². The Morgan fingerprint density at radius 1 is 1.43 bits per heavy atom. The van der Waals surface area contributed by atoms with Crippen molar-refractivity contribution in [3.8, 4) is 0 Å². The van der Waals surface area contributed by atoms with E-state index in [1.165, 1.54) is 30.1 Å². The van der Waals surface area contributed by atoms with E-state index in [4.69, 9.17) is 4.98 Å². The van der Waals surface area contributed by atoms with Crippen LogP contribution in [0.2, 0.25) is 0 Å². The number of aromatic nitrogens is 2. The van der Waals surface area contributed by atoms with Gasteiger partial charge in [0.15, 0.2) is 0 Å². The standard InChI is InChI=1S/C11H17N3/c1-11(2)4-3-8-10(11)13-9-7-12-5-6-14(8)9/h12H,3-7H2,1-2H3. The lowest BCUT2D eigenvalue weighted by Gasteiger charge is -2.17. The molecule has 0 fully saturated rings. The number of fused-ring (bicyclic) bond motifs is 3. The van der Waals surface area contributed by atoms with Gasteiger partial charge in [-0.2, -0.15) is 0 Å². The largest absolute Gasteiger partial charge is 0.329 e. The molecule has 0 aromatic carbocycles. The van der Waals surface area contributed by atoms with Gasteiger partial charge in [-0.15, -0.1) is 0 Å². The Bertz CT molecular complexity index is 376. The maximum absolute atomic E-state index is 4.78. The van der Waals surface area contributed by atoms with Crippen molar-refractivity contribution >= 4 is 0 Å². The number of rotatable bonds is 0. The first-order valence-corrected chi connectivity index (χ1v) is 5.48. The highest BCUT2D eigenvalue weighted by atomic mass is 15.2. The van der Waals surface area contributed by atoms with Crippen molar-refractivity contribution in [3.05, 3.63) is 17.2 Å². The van der Waals surface area contributed by atoms with Gasteiger partial charge < -0.3 is 9.88 Å². The summed E-state index contributed by atoms with van der Waals surface area (Å²) >= 11 is 0. The van der Waals surface area contributed by atoms with E-state index in [0.29, 0.717) is 5.41 Å². The second-order valence-corrected chi connectivity index (χ2v) is 5.04. The highest BCUT2D eigenvalue weighted by Crippen LogP contribution is 2.38. The summed E-state index contributed by atoms with van der Waals surface area (Å²) in [5.41, 5.74) is 3.17. The highest BCUT2D eigenvalue weighted by molar-refractivity contribution is 5.31. The minimum absolute atomic E-state index is 0.305. The zero-order valence-electron chi connectivity index (χ0n) is 8.93. The van der Waals surface area contributed by atoms with Gasteiger partial charge in [-0.1, -0.05) is 13.8 Å². The van der Waals surface area contributed by atoms with E-state index in [9.17, 15) is 0 Å². The van der Waals surface area contributed by atoms with Crippen LogP contribution in [0.15, 0.2) is 0 Å². The fourth-order valence-electron chi connectivity index (χ4n) is 2.67. The summed E-state index contributed by atoms with van der Waals surface area (Å²) in [6.45, 7) is 7.77. The quantitative estimate of drug-likeness (QED) is 0.668. The first-order chi connectivity index (χ1) is 6.68. The summed E-state index contributed by atoms with van der Waals surface area (Å²) < 4.78 is 2.43. The molecule has 0 atom stereocenters. The van der Waals surface area contributed by atoms with Gasteiger partial charge in [0.25, 0.3) is 0 Å². The van der Waals surface area contributed by atoms with Gasteiger partial charge in [-0.25, -0.2) is 4.98 Å². The molecule has 0 saturated carbocycles. The fourth-order valence-corrected chi connectivity index (χ4v) is 2.67. The summed E-state index contributed by atoms with van der Waals surface area (Å²) in [4.78, 5) is 4.78. The topological polar surface area (TPSA) is 29.9 Å². The van der Waals surface area contributed by atoms with E-state index < -0.39 is 0 Å². The van der Waals surface area contributed by atoms with Crippen molar-refractivity contribution in [3.63, 3.8) is 0 Å². The van der Waals surface area contributed by atoms with E-state index >= 15 is 0 Å². The number of nitrogens with zero attached hydrogens (tertiary/aromatic N) is 2. The van der Waals surface area contributed by atoms with Gasteiger partial charge >= 0.3 is 0 Å². The minimum Gasteiger partial charge on any atom is -0.329 e. The molecular weight excluding hydrogens is 174 g/mol. The summed E-state index contributed by atoms with van der Waals surface area (Å²) in [7, 11) is 0. The molecule has 0 unspecified atom stereocenters. The lowest BCUT2D eigenvalue weighted by Crippen LogP contribution is -2.29. The Labute approximate surface area is 84.5 Å². The maximum atomic E-state index is 4.78. The van der Waals surface area contributed by atoms with Crippen LogP contribution in [0, 0.1) is 0 Å². The van der Waals surface area contributed by atoms with Gasteiger partial charge in [0.2, 0.25) is 0 Å². The molecule has 1 aromatic rings. The summed E-state index contributed by atoms with van der Waals surface area (Å²) in [6.07, 6.45) is 2.48. The van der Waals surface area contributed by atoms with Crippen molar-refractivity contribution in [1.29, 1.82) is 0 Å². The summed E-state index contributed by atoms with van der Waals surface area (Å²) in [5, 5.41) is 3.37. The van der Waals surface area contributed by atoms with Crippen molar-refractivity contribution in [2.75, 3.05) is 6.54 Å². The molecule has 14 heavy (non-hydrogen) atoms. The predicted molar refractivity (Wildman–Crippen MR) is 55.3 cm³/mol. The van der Waals surface area contributed by atoms with Gasteiger partial charge in [-0.05, 0) is 12.8 Å². The van der Waals surface area contributed by atoms with Crippen LogP contribution in [0.4, 0.5) is 0 Å². The Morgan fingerprint density at radius 3 is 3.14 bits per heavy atom. The van der Waals surface area contributed by atoms with Gasteiger partial charge in [0, 0.05) is 24.2 Å². The molecule has 0 saturated heterocycles. The van der Waals surface area contributed by atoms with Crippen molar-refractivity contribution in [2.24, 2.45) is 0 Å². The van der Waals surface area contributed by atoms with Crippen LogP contribution in [0.1, 0.15) is 37.5 Å². The van der Waals surface area contributed by atoms with E-state index in [-0.39, 0.29) is 0 Å². The molecular formula is C11H17N3. The Kier molecular flexibility index (Phi) is 1.57. The van der Waals surface area contributed by atoms with Gasteiger partial charge in [0.1, 0.15) is 5.82 Å². The third kappa shape index (κ3) is 0.989. The average molecular weight is 191 g/mol. The second kappa shape index (κ2) is 2.60. The van der Waals surface area contributed by atoms with Crippen LogP contribution < -0.4 is 5.32 Å². The zero-order valence-corrected chi connectivity index (χ0v) is 8.93. The SMILES string of the molecule is CC1(C)CCc2c1nc1n2CCNC1. The van der Waals surface area contributed by atoms with Crippen LogP contribution >= 0.6 is 0 Å². The Balaban J connectivity index is 2.15. The molecule has 0 radical (unpaired) electrons.